The number of aromatic nitrogens is 3. The topological polar surface area (TPSA) is 87.7 Å². The Balaban J connectivity index is 1.95. The van der Waals surface area contributed by atoms with Crippen molar-refractivity contribution in [2.24, 2.45) is 0 Å². The average Bonchev–Trinajstić information content (AvgIpc) is 2.83. The Morgan fingerprint density at radius 1 is 1.35 bits per heavy atom. The van der Waals surface area contributed by atoms with E-state index in [1.54, 1.807) is 18.5 Å². The van der Waals surface area contributed by atoms with Gasteiger partial charge in [0.15, 0.2) is 0 Å². The van der Waals surface area contributed by atoms with E-state index < -0.39 is 10.0 Å². The van der Waals surface area contributed by atoms with E-state index in [-0.39, 0.29) is 4.90 Å². The summed E-state index contributed by atoms with van der Waals surface area (Å²) in [5.41, 5.74) is 0. The van der Waals surface area contributed by atoms with E-state index in [4.69, 9.17) is 0 Å². The van der Waals surface area contributed by atoms with Crippen molar-refractivity contribution in [2.45, 2.75) is 11.3 Å². The predicted molar refractivity (Wildman–Crippen MR) is 61.7 cm³/mol. The molecule has 0 amide bonds. The number of sulfonamides is 1. The highest BCUT2D eigenvalue weighted by Crippen LogP contribution is 2.04. The second kappa shape index (κ2) is 5.07. The van der Waals surface area contributed by atoms with E-state index in [1.807, 2.05) is 0 Å². The third kappa shape index (κ3) is 3.11. The van der Waals surface area contributed by atoms with E-state index in [0.717, 1.165) is 5.82 Å². The first-order valence-corrected chi connectivity index (χ1v) is 6.55. The zero-order valence-electron chi connectivity index (χ0n) is 9.00. The van der Waals surface area contributed by atoms with Gasteiger partial charge in [0.2, 0.25) is 10.0 Å². The Hall–Kier alpha value is -1.73. The molecule has 0 aliphatic rings. The normalized spacial score (nSPS) is 11.5. The van der Waals surface area contributed by atoms with Crippen LogP contribution in [0, 0.1) is 0 Å². The first-order chi connectivity index (χ1) is 8.18. The number of nitrogens with zero attached hydrogens (tertiary/aromatic N) is 2. The average molecular weight is 252 g/mol. The summed E-state index contributed by atoms with van der Waals surface area (Å²) in [4.78, 5) is 10.8. The highest BCUT2D eigenvalue weighted by atomic mass is 32.2. The van der Waals surface area contributed by atoms with Crippen LogP contribution in [0.5, 0.6) is 0 Å². The van der Waals surface area contributed by atoms with Gasteiger partial charge in [0, 0.05) is 37.8 Å². The first-order valence-electron chi connectivity index (χ1n) is 5.06. The molecule has 17 heavy (non-hydrogen) atoms. The lowest BCUT2D eigenvalue weighted by atomic mass is 10.4. The number of nitrogens with one attached hydrogen (secondary N) is 2. The molecule has 2 rings (SSSR count). The minimum atomic E-state index is -3.47. The van der Waals surface area contributed by atoms with Crippen molar-refractivity contribution in [3.63, 3.8) is 0 Å². The Labute approximate surface area is 99.2 Å². The van der Waals surface area contributed by atoms with Gasteiger partial charge in [-0.25, -0.2) is 18.1 Å². The van der Waals surface area contributed by atoms with Crippen LogP contribution >= 0.6 is 0 Å². The van der Waals surface area contributed by atoms with Crippen LogP contribution in [0.25, 0.3) is 0 Å². The molecular weight excluding hydrogens is 240 g/mol. The molecule has 7 heteroatoms. The van der Waals surface area contributed by atoms with Crippen molar-refractivity contribution in [1.29, 1.82) is 0 Å². The predicted octanol–water partition coefficient (Wildman–Crippen LogP) is 0.326. The van der Waals surface area contributed by atoms with Crippen LogP contribution in [0.3, 0.4) is 0 Å². The molecule has 0 aliphatic carbocycles. The third-order valence-corrected chi connectivity index (χ3v) is 3.60. The van der Waals surface area contributed by atoms with Crippen molar-refractivity contribution >= 4 is 10.0 Å². The maximum atomic E-state index is 11.8. The number of rotatable bonds is 5. The molecule has 0 saturated heterocycles. The van der Waals surface area contributed by atoms with Gasteiger partial charge in [-0.3, -0.25) is 4.98 Å². The summed E-state index contributed by atoms with van der Waals surface area (Å²) in [7, 11) is -3.47. The molecule has 2 aromatic rings. The number of aromatic amines is 1. The lowest BCUT2D eigenvalue weighted by molar-refractivity contribution is 0.580. The molecule has 0 unspecified atom stereocenters. The second-order valence-electron chi connectivity index (χ2n) is 3.37. The summed E-state index contributed by atoms with van der Waals surface area (Å²) in [5, 5.41) is 0. The summed E-state index contributed by atoms with van der Waals surface area (Å²) >= 11 is 0. The molecule has 6 nitrogen and oxygen atoms in total. The lowest BCUT2D eigenvalue weighted by Gasteiger charge is -2.04. The van der Waals surface area contributed by atoms with E-state index >= 15 is 0 Å². The van der Waals surface area contributed by atoms with Gasteiger partial charge in [-0.05, 0) is 12.1 Å². The van der Waals surface area contributed by atoms with Gasteiger partial charge < -0.3 is 4.98 Å². The van der Waals surface area contributed by atoms with Crippen LogP contribution in [-0.2, 0) is 16.4 Å². The Morgan fingerprint density at radius 3 is 2.88 bits per heavy atom. The Morgan fingerprint density at radius 2 is 2.24 bits per heavy atom. The van der Waals surface area contributed by atoms with Gasteiger partial charge in [0.05, 0.1) is 0 Å². The molecule has 0 fully saturated rings. The van der Waals surface area contributed by atoms with Crippen LogP contribution < -0.4 is 4.72 Å². The molecule has 0 bridgehead atoms. The van der Waals surface area contributed by atoms with Crippen molar-refractivity contribution in [2.75, 3.05) is 6.54 Å². The summed E-state index contributed by atoms with van der Waals surface area (Å²) in [6.07, 6.45) is 6.69. The molecule has 0 radical (unpaired) electrons. The molecule has 0 atom stereocenters. The van der Waals surface area contributed by atoms with Gasteiger partial charge in [0.25, 0.3) is 0 Å². The van der Waals surface area contributed by atoms with Crippen LogP contribution in [0.15, 0.2) is 41.8 Å². The van der Waals surface area contributed by atoms with Crippen molar-refractivity contribution in [1.82, 2.24) is 19.7 Å². The summed E-state index contributed by atoms with van der Waals surface area (Å²) < 4.78 is 26.0. The van der Waals surface area contributed by atoms with E-state index in [0.29, 0.717) is 13.0 Å². The Kier molecular flexibility index (Phi) is 3.50. The van der Waals surface area contributed by atoms with Crippen molar-refractivity contribution in [3.8, 4) is 0 Å². The van der Waals surface area contributed by atoms with Crippen LogP contribution in [-0.4, -0.2) is 29.9 Å². The van der Waals surface area contributed by atoms with Gasteiger partial charge in [-0.2, -0.15) is 0 Å². The minimum absolute atomic E-state index is 0.166. The highest BCUT2D eigenvalue weighted by Gasteiger charge is 2.12. The molecule has 0 aromatic carbocycles. The molecule has 0 spiro atoms. The molecule has 0 saturated carbocycles. The number of hydrogen-bond donors (Lipinski definition) is 2. The summed E-state index contributed by atoms with van der Waals surface area (Å²) in [5.74, 6) is 0.749. The lowest BCUT2D eigenvalue weighted by Crippen LogP contribution is -2.26. The Bertz CT molecular complexity index is 551. The van der Waals surface area contributed by atoms with Gasteiger partial charge >= 0.3 is 0 Å². The highest BCUT2D eigenvalue weighted by molar-refractivity contribution is 7.89. The SMILES string of the molecule is O=S(=O)(NCCc1ncc[nH]1)c1cccnc1. The number of H-pyrrole nitrogens is 1. The second-order valence-corrected chi connectivity index (χ2v) is 5.14. The number of pyridine rings is 1. The largest absolute Gasteiger partial charge is 0.349 e. The third-order valence-electron chi connectivity index (χ3n) is 2.15. The zero-order valence-corrected chi connectivity index (χ0v) is 9.81. The molecule has 2 aromatic heterocycles. The van der Waals surface area contributed by atoms with Crippen LogP contribution in [0.4, 0.5) is 0 Å². The fraction of sp³-hybridized carbons (Fsp3) is 0.200. The van der Waals surface area contributed by atoms with Gasteiger partial charge in [-0.15, -0.1) is 0 Å². The van der Waals surface area contributed by atoms with Crippen LogP contribution in [0.1, 0.15) is 5.82 Å². The monoisotopic (exact) mass is 252 g/mol. The molecule has 90 valence electrons. The zero-order chi connectivity index (χ0) is 12.1. The fourth-order valence-electron chi connectivity index (χ4n) is 1.33. The first kappa shape index (κ1) is 11.7. The maximum absolute atomic E-state index is 11.8. The standard InChI is InChI=1S/C10H12N4O2S/c15-17(16,9-2-1-4-11-8-9)14-5-3-10-12-6-7-13-10/h1-2,4,6-8,14H,3,5H2,(H,12,13). The number of imidazole rings is 1. The maximum Gasteiger partial charge on any atom is 0.242 e. The molecule has 2 N–H and O–H groups in total. The molecule has 0 aliphatic heterocycles. The van der Waals surface area contributed by atoms with E-state index in [1.165, 1.54) is 18.5 Å². The molecular formula is C10H12N4O2S. The minimum Gasteiger partial charge on any atom is -0.349 e. The van der Waals surface area contributed by atoms with Gasteiger partial charge in [-0.1, -0.05) is 0 Å². The van der Waals surface area contributed by atoms with E-state index in [2.05, 4.69) is 19.7 Å². The van der Waals surface area contributed by atoms with Crippen molar-refractivity contribution < 1.29 is 8.42 Å². The van der Waals surface area contributed by atoms with E-state index in [9.17, 15) is 8.42 Å². The van der Waals surface area contributed by atoms with Crippen molar-refractivity contribution in [3.05, 3.63) is 42.7 Å². The molecule has 2 heterocycles. The summed E-state index contributed by atoms with van der Waals surface area (Å²) in [6, 6.07) is 3.09. The fourth-order valence-corrected chi connectivity index (χ4v) is 2.32. The van der Waals surface area contributed by atoms with Crippen LogP contribution in [0.2, 0.25) is 0 Å². The number of hydrogen-bond acceptors (Lipinski definition) is 4. The quantitative estimate of drug-likeness (QED) is 0.802. The summed E-state index contributed by atoms with van der Waals surface area (Å²) in [6.45, 7) is 0.296. The smallest absolute Gasteiger partial charge is 0.242 e. The van der Waals surface area contributed by atoms with Gasteiger partial charge in [0.1, 0.15) is 10.7 Å².